The molecule has 78 valence electrons. The number of ether oxygens (including phenoxy) is 1. The zero-order valence-corrected chi connectivity index (χ0v) is 8.86. The summed E-state index contributed by atoms with van der Waals surface area (Å²) >= 11 is 0. The third-order valence-electron chi connectivity index (χ3n) is 2.53. The van der Waals surface area contributed by atoms with Crippen molar-refractivity contribution < 1.29 is 9.53 Å². The summed E-state index contributed by atoms with van der Waals surface area (Å²) in [6.07, 6.45) is 4.10. The van der Waals surface area contributed by atoms with Crippen LogP contribution in [0.25, 0.3) is 6.08 Å². The monoisotopic (exact) mass is 203 g/mol. The van der Waals surface area contributed by atoms with Crippen LogP contribution < -0.4 is 4.90 Å². The number of esters is 1. The summed E-state index contributed by atoms with van der Waals surface area (Å²) in [6, 6.07) is 5.66. The van der Waals surface area contributed by atoms with Crippen LogP contribution in [0.5, 0.6) is 0 Å². The smallest absolute Gasteiger partial charge is 0.339 e. The number of hydrogen-bond acceptors (Lipinski definition) is 3. The van der Waals surface area contributed by atoms with Crippen molar-refractivity contribution in [3.05, 3.63) is 35.4 Å². The number of anilines is 1. The van der Waals surface area contributed by atoms with Crippen molar-refractivity contribution in [2.24, 2.45) is 0 Å². The fourth-order valence-corrected chi connectivity index (χ4v) is 1.83. The van der Waals surface area contributed by atoms with Crippen LogP contribution in [0, 0.1) is 0 Å². The van der Waals surface area contributed by atoms with Gasteiger partial charge in [-0.25, -0.2) is 4.79 Å². The Kier molecular flexibility index (Phi) is 2.46. The number of fused-ring (bicyclic) bond motifs is 1. The maximum Gasteiger partial charge on any atom is 0.339 e. The predicted octanol–water partition coefficient (Wildman–Crippen LogP) is 1.94. The molecule has 15 heavy (non-hydrogen) atoms. The fourth-order valence-electron chi connectivity index (χ4n) is 1.83. The van der Waals surface area contributed by atoms with E-state index < -0.39 is 0 Å². The number of nitrogens with zero attached hydrogens (tertiary/aromatic N) is 1. The molecule has 3 heteroatoms. The van der Waals surface area contributed by atoms with Crippen LogP contribution >= 0.6 is 0 Å². The van der Waals surface area contributed by atoms with Crippen molar-refractivity contribution in [1.82, 2.24) is 0 Å². The van der Waals surface area contributed by atoms with Crippen LogP contribution in [0.4, 0.5) is 5.69 Å². The first-order chi connectivity index (χ1) is 7.24. The van der Waals surface area contributed by atoms with E-state index in [9.17, 15) is 4.79 Å². The summed E-state index contributed by atoms with van der Waals surface area (Å²) in [7, 11) is 3.37. The molecule has 2 rings (SSSR count). The van der Waals surface area contributed by atoms with Crippen molar-refractivity contribution in [2.45, 2.75) is 0 Å². The molecule has 0 amide bonds. The highest BCUT2D eigenvalue weighted by atomic mass is 16.5. The highest BCUT2D eigenvalue weighted by Gasteiger charge is 2.18. The van der Waals surface area contributed by atoms with Gasteiger partial charge in [0.25, 0.3) is 0 Å². The Morgan fingerprint density at radius 2 is 2.27 bits per heavy atom. The maximum atomic E-state index is 11.6. The molecule has 0 bridgehead atoms. The summed E-state index contributed by atoms with van der Waals surface area (Å²) in [5, 5.41) is 0. The van der Waals surface area contributed by atoms with Crippen molar-refractivity contribution in [2.75, 3.05) is 25.6 Å². The minimum absolute atomic E-state index is 0.283. The Balaban J connectivity index is 2.57. The summed E-state index contributed by atoms with van der Waals surface area (Å²) < 4.78 is 4.76. The van der Waals surface area contributed by atoms with E-state index >= 15 is 0 Å². The molecule has 0 atom stereocenters. The van der Waals surface area contributed by atoms with Gasteiger partial charge in [-0.15, -0.1) is 0 Å². The lowest BCUT2D eigenvalue weighted by Gasteiger charge is -2.25. The molecule has 0 saturated carbocycles. The molecule has 1 aromatic carbocycles. The van der Waals surface area contributed by atoms with Crippen molar-refractivity contribution in [3.63, 3.8) is 0 Å². The Hall–Kier alpha value is -1.77. The number of carbonyl (C=O) groups excluding carboxylic acids is 1. The number of likely N-dealkylation sites (N-methyl/N-ethyl adjacent to an activating group) is 1. The molecule has 1 aliphatic heterocycles. The maximum absolute atomic E-state index is 11.6. The van der Waals surface area contributed by atoms with Crippen molar-refractivity contribution >= 4 is 17.7 Å². The number of para-hydroxylation sites is 1. The molecule has 0 N–H and O–H groups in total. The topological polar surface area (TPSA) is 29.5 Å². The molecule has 0 unspecified atom stereocenters. The molecule has 1 aliphatic rings. The lowest BCUT2D eigenvalue weighted by Crippen LogP contribution is -2.23. The van der Waals surface area contributed by atoms with Crippen molar-refractivity contribution in [3.8, 4) is 0 Å². The molecule has 0 fully saturated rings. The Bertz CT molecular complexity index is 424. The van der Waals surface area contributed by atoms with Crippen LogP contribution in [0.15, 0.2) is 24.3 Å². The molecular formula is C12H13NO2. The zero-order chi connectivity index (χ0) is 10.8. The van der Waals surface area contributed by atoms with E-state index in [4.69, 9.17) is 4.74 Å². The van der Waals surface area contributed by atoms with Gasteiger partial charge in [0, 0.05) is 13.6 Å². The second-order valence-corrected chi connectivity index (χ2v) is 3.52. The summed E-state index contributed by atoms with van der Waals surface area (Å²) in [5.74, 6) is -0.283. The van der Waals surface area contributed by atoms with Crippen molar-refractivity contribution in [1.29, 1.82) is 0 Å². The number of rotatable bonds is 1. The van der Waals surface area contributed by atoms with Gasteiger partial charge in [0.2, 0.25) is 0 Å². The van der Waals surface area contributed by atoms with Gasteiger partial charge >= 0.3 is 5.97 Å². The van der Waals surface area contributed by atoms with Crippen LogP contribution in [0.3, 0.4) is 0 Å². The standard InChI is InChI=1S/C12H13NO2/c1-13-8-4-6-9-5-3-7-10(11(9)13)12(14)15-2/h3-7H,8H2,1-2H3. The highest BCUT2D eigenvalue weighted by molar-refractivity contribution is 5.98. The molecule has 1 aromatic rings. The molecular weight excluding hydrogens is 190 g/mol. The van der Waals surface area contributed by atoms with E-state index in [-0.39, 0.29) is 5.97 Å². The van der Waals surface area contributed by atoms with Crippen LogP contribution in [-0.4, -0.2) is 26.7 Å². The van der Waals surface area contributed by atoms with Crippen LogP contribution in [-0.2, 0) is 4.74 Å². The lowest BCUT2D eigenvalue weighted by molar-refractivity contribution is 0.0601. The summed E-state index contributed by atoms with van der Waals surface area (Å²) in [6.45, 7) is 0.820. The van der Waals surface area contributed by atoms with Gasteiger partial charge in [0.1, 0.15) is 0 Å². The SMILES string of the molecule is COC(=O)c1cccc2c1N(C)CC=C2. The number of hydrogen-bond donors (Lipinski definition) is 0. The average molecular weight is 203 g/mol. The van der Waals surface area contributed by atoms with Gasteiger partial charge in [-0.3, -0.25) is 0 Å². The number of carbonyl (C=O) groups is 1. The van der Waals surface area contributed by atoms with E-state index in [1.165, 1.54) is 7.11 Å². The second kappa shape index (κ2) is 3.77. The van der Waals surface area contributed by atoms with Gasteiger partial charge in [-0.1, -0.05) is 24.3 Å². The molecule has 0 aliphatic carbocycles. The quantitative estimate of drug-likeness (QED) is 0.653. The third-order valence-corrected chi connectivity index (χ3v) is 2.53. The fraction of sp³-hybridized carbons (Fsp3) is 0.250. The predicted molar refractivity (Wildman–Crippen MR) is 60.1 cm³/mol. The molecule has 1 heterocycles. The van der Waals surface area contributed by atoms with Gasteiger partial charge in [0.05, 0.1) is 18.4 Å². The largest absolute Gasteiger partial charge is 0.465 e. The number of benzene rings is 1. The lowest BCUT2D eigenvalue weighted by atomic mass is 10.0. The summed E-state index contributed by atoms with van der Waals surface area (Å²) in [5.41, 5.74) is 2.64. The van der Waals surface area contributed by atoms with E-state index in [1.807, 2.05) is 30.2 Å². The van der Waals surface area contributed by atoms with E-state index in [2.05, 4.69) is 6.08 Å². The Labute approximate surface area is 89.0 Å². The molecule has 0 aromatic heterocycles. The number of methoxy groups -OCH3 is 1. The van der Waals surface area contributed by atoms with Gasteiger partial charge < -0.3 is 9.64 Å². The van der Waals surface area contributed by atoms with Crippen LogP contribution in [0.2, 0.25) is 0 Å². The van der Waals surface area contributed by atoms with Gasteiger partial charge in [0.15, 0.2) is 0 Å². The first-order valence-corrected chi connectivity index (χ1v) is 4.83. The molecule has 0 spiro atoms. The first-order valence-electron chi connectivity index (χ1n) is 4.83. The van der Waals surface area contributed by atoms with E-state index in [0.717, 1.165) is 17.8 Å². The Morgan fingerprint density at radius 1 is 1.47 bits per heavy atom. The minimum atomic E-state index is -0.283. The highest BCUT2D eigenvalue weighted by Crippen LogP contribution is 2.29. The minimum Gasteiger partial charge on any atom is -0.465 e. The average Bonchev–Trinajstić information content (AvgIpc) is 2.28. The van der Waals surface area contributed by atoms with E-state index in [0.29, 0.717) is 5.56 Å². The van der Waals surface area contributed by atoms with Gasteiger partial charge in [-0.05, 0) is 11.6 Å². The molecule has 0 saturated heterocycles. The van der Waals surface area contributed by atoms with Crippen LogP contribution in [0.1, 0.15) is 15.9 Å². The van der Waals surface area contributed by atoms with E-state index in [1.54, 1.807) is 6.07 Å². The normalized spacial score (nSPS) is 13.6. The molecule has 0 radical (unpaired) electrons. The molecule has 3 nitrogen and oxygen atoms in total. The second-order valence-electron chi connectivity index (χ2n) is 3.52. The Morgan fingerprint density at radius 3 is 3.00 bits per heavy atom. The summed E-state index contributed by atoms with van der Waals surface area (Å²) in [4.78, 5) is 13.6. The first kappa shape index (κ1) is 9.77. The van der Waals surface area contributed by atoms with Gasteiger partial charge in [-0.2, -0.15) is 0 Å². The zero-order valence-electron chi connectivity index (χ0n) is 8.86. The third kappa shape index (κ3) is 1.61.